The zero-order valence-corrected chi connectivity index (χ0v) is 14.9. The topological polar surface area (TPSA) is 74.6 Å². The molecule has 1 aliphatic rings. The van der Waals surface area contributed by atoms with Gasteiger partial charge in [0.05, 0.1) is 23.4 Å². The number of sulfone groups is 1. The van der Waals surface area contributed by atoms with Gasteiger partial charge in [0.1, 0.15) is 0 Å². The first-order chi connectivity index (χ1) is 11.4. The third-order valence-electron chi connectivity index (χ3n) is 4.67. The quantitative estimate of drug-likeness (QED) is 0.828. The SMILES string of the molecule is O=S(=O)(c1ccc(Cl)cc1)[C@@H]1[C@@H](c2ccc(Cl)cc2)C1(CO)CO. The molecule has 1 fully saturated rings. The predicted molar refractivity (Wildman–Crippen MR) is 93.2 cm³/mol. The summed E-state index contributed by atoms with van der Waals surface area (Å²) in [6, 6.07) is 12.7. The Morgan fingerprint density at radius 3 is 1.79 bits per heavy atom. The van der Waals surface area contributed by atoms with E-state index in [9.17, 15) is 18.6 Å². The van der Waals surface area contributed by atoms with Crippen LogP contribution in [0.15, 0.2) is 53.4 Å². The fraction of sp³-hybridized carbons (Fsp3) is 0.294. The molecule has 0 spiro atoms. The zero-order chi connectivity index (χ0) is 17.5. The minimum Gasteiger partial charge on any atom is -0.396 e. The molecule has 0 aromatic heterocycles. The second kappa shape index (κ2) is 6.32. The second-order valence-electron chi connectivity index (χ2n) is 6.00. The molecule has 2 N–H and O–H groups in total. The van der Waals surface area contributed by atoms with Crippen molar-refractivity contribution in [1.29, 1.82) is 0 Å². The van der Waals surface area contributed by atoms with E-state index in [0.717, 1.165) is 5.56 Å². The van der Waals surface area contributed by atoms with E-state index < -0.39 is 39.6 Å². The van der Waals surface area contributed by atoms with Crippen molar-refractivity contribution in [1.82, 2.24) is 0 Å². The Kier molecular flexibility index (Phi) is 4.66. The molecule has 2 aromatic carbocycles. The van der Waals surface area contributed by atoms with Crippen LogP contribution in [0.25, 0.3) is 0 Å². The molecule has 0 unspecified atom stereocenters. The fourth-order valence-corrected chi connectivity index (χ4v) is 6.00. The normalized spacial score (nSPS) is 22.3. The van der Waals surface area contributed by atoms with Crippen molar-refractivity contribution in [3.63, 3.8) is 0 Å². The van der Waals surface area contributed by atoms with Crippen LogP contribution in [0, 0.1) is 5.41 Å². The summed E-state index contributed by atoms with van der Waals surface area (Å²) in [7, 11) is -3.73. The third kappa shape index (κ3) is 2.74. The summed E-state index contributed by atoms with van der Waals surface area (Å²) in [5.74, 6) is -0.495. The van der Waals surface area contributed by atoms with E-state index in [0.29, 0.717) is 10.0 Å². The van der Waals surface area contributed by atoms with Gasteiger partial charge in [0.2, 0.25) is 0 Å². The lowest BCUT2D eigenvalue weighted by Crippen LogP contribution is -2.23. The Morgan fingerprint density at radius 2 is 1.33 bits per heavy atom. The summed E-state index contributed by atoms with van der Waals surface area (Å²) in [5, 5.41) is 19.7. The first kappa shape index (κ1) is 17.7. The maximum absolute atomic E-state index is 13.0. The number of hydrogen-bond acceptors (Lipinski definition) is 4. The van der Waals surface area contributed by atoms with Crippen molar-refractivity contribution >= 4 is 33.0 Å². The Balaban J connectivity index is 2.04. The summed E-state index contributed by atoms with van der Waals surface area (Å²) < 4.78 is 26.0. The molecule has 3 rings (SSSR count). The van der Waals surface area contributed by atoms with Gasteiger partial charge in [-0.3, -0.25) is 0 Å². The Morgan fingerprint density at radius 1 is 0.875 bits per heavy atom. The van der Waals surface area contributed by atoms with Gasteiger partial charge in [0.25, 0.3) is 0 Å². The lowest BCUT2D eigenvalue weighted by Gasteiger charge is -2.11. The van der Waals surface area contributed by atoms with Gasteiger partial charge in [0.15, 0.2) is 9.84 Å². The van der Waals surface area contributed by atoms with Crippen LogP contribution < -0.4 is 0 Å². The Labute approximate surface area is 150 Å². The summed E-state index contributed by atoms with van der Waals surface area (Å²) in [6.45, 7) is -0.845. The van der Waals surface area contributed by atoms with Crippen LogP contribution in [0.3, 0.4) is 0 Å². The Bertz CT molecular complexity index is 828. The van der Waals surface area contributed by atoms with E-state index in [2.05, 4.69) is 0 Å². The van der Waals surface area contributed by atoms with Gasteiger partial charge >= 0.3 is 0 Å². The van der Waals surface area contributed by atoms with Gasteiger partial charge in [-0.05, 0) is 42.0 Å². The number of aliphatic hydroxyl groups excluding tert-OH is 2. The number of rotatable bonds is 5. The highest BCUT2D eigenvalue weighted by molar-refractivity contribution is 7.92. The van der Waals surface area contributed by atoms with Crippen molar-refractivity contribution < 1.29 is 18.6 Å². The van der Waals surface area contributed by atoms with Crippen molar-refractivity contribution in [2.45, 2.75) is 16.1 Å². The highest BCUT2D eigenvalue weighted by Crippen LogP contribution is 2.63. The van der Waals surface area contributed by atoms with E-state index in [4.69, 9.17) is 23.2 Å². The molecule has 0 saturated heterocycles. The van der Waals surface area contributed by atoms with E-state index >= 15 is 0 Å². The Hall–Kier alpha value is -1.11. The molecule has 4 nitrogen and oxygen atoms in total. The van der Waals surface area contributed by atoms with Crippen molar-refractivity contribution in [3.8, 4) is 0 Å². The molecule has 1 saturated carbocycles. The number of benzene rings is 2. The summed E-state index contributed by atoms with van der Waals surface area (Å²) in [5.41, 5.74) is -0.378. The molecule has 0 heterocycles. The molecule has 0 amide bonds. The fourth-order valence-electron chi connectivity index (χ4n) is 3.32. The monoisotopic (exact) mass is 386 g/mol. The second-order valence-corrected chi connectivity index (χ2v) is 8.94. The molecule has 2 aromatic rings. The van der Waals surface area contributed by atoms with Gasteiger partial charge in [-0.15, -0.1) is 0 Å². The molecule has 128 valence electrons. The van der Waals surface area contributed by atoms with Gasteiger partial charge in [-0.1, -0.05) is 35.3 Å². The predicted octanol–water partition coefficient (Wildman–Crippen LogP) is 2.90. The average molecular weight is 387 g/mol. The van der Waals surface area contributed by atoms with Gasteiger partial charge in [-0.25, -0.2) is 8.42 Å². The summed E-state index contributed by atoms with van der Waals surface area (Å²) in [4.78, 5) is 0.125. The number of aliphatic hydroxyl groups is 2. The standard InChI is InChI=1S/C17H16Cl2O4S/c18-12-3-1-11(2-4-12)15-16(17(15,9-20)10-21)24(22,23)14-7-5-13(19)6-8-14/h1-8,15-16,20-21H,9-10H2/t15-,16-/m1/s1. The maximum Gasteiger partial charge on any atom is 0.182 e. The van der Waals surface area contributed by atoms with E-state index in [-0.39, 0.29) is 4.90 Å². The van der Waals surface area contributed by atoms with E-state index in [1.165, 1.54) is 24.3 Å². The molecular formula is C17H16Cl2O4S. The molecule has 0 radical (unpaired) electrons. The average Bonchev–Trinajstić information content (AvgIpc) is 3.26. The van der Waals surface area contributed by atoms with E-state index in [1.54, 1.807) is 24.3 Å². The van der Waals surface area contributed by atoms with Crippen LogP contribution >= 0.6 is 23.2 Å². The highest BCUT2D eigenvalue weighted by atomic mass is 35.5. The first-order valence-corrected chi connectivity index (χ1v) is 9.64. The van der Waals surface area contributed by atoms with Crippen molar-refractivity contribution in [3.05, 3.63) is 64.1 Å². The third-order valence-corrected chi connectivity index (χ3v) is 7.52. The lowest BCUT2D eigenvalue weighted by molar-refractivity contribution is 0.130. The van der Waals surface area contributed by atoms with Crippen LogP contribution in [-0.2, 0) is 9.84 Å². The molecule has 2 atom stereocenters. The minimum atomic E-state index is -3.73. The maximum atomic E-state index is 13.0. The number of halogens is 2. The van der Waals surface area contributed by atoms with Crippen molar-refractivity contribution in [2.75, 3.05) is 13.2 Å². The minimum absolute atomic E-state index is 0.125. The smallest absolute Gasteiger partial charge is 0.182 e. The summed E-state index contributed by atoms with van der Waals surface area (Å²) in [6.07, 6.45) is 0. The molecule has 0 aliphatic heterocycles. The number of hydrogen-bond donors (Lipinski definition) is 2. The van der Waals surface area contributed by atoms with E-state index in [1.807, 2.05) is 0 Å². The van der Waals surface area contributed by atoms with Gasteiger partial charge in [0, 0.05) is 21.4 Å². The van der Waals surface area contributed by atoms with Gasteiger partial charge in [-0.2, -0.15) is 0 Å². The summed E-state index contributed by atoms with van der Waals surface area (Å²) >= 11 is 11.7. The largest absolute Gasteiger partial charge is 0.396 e. The van der Waals surface area contributed by atoms with Gasteiger partial charge < -0.3 is 10.2 Å². The van der Waals surface area contributed by atoms with Crippen molar-refractivity contribution in [2.24, 2.45) is 5.41 Å². The first-order valence-electron chi connectivity index (χ1n) is 7.33. The van der Waals surface area contributed by atoms with Crippen LogP contribution in [0.4, 0.5) is 0 Å². The molecule has 0 bridgehead atoms. The molecule has 24 heavy (non-hydrogen) atoms. The zero-order valence-electron chi connectivity index (χ0n) is 12.6. The molecule has 1 aliphatic carbocycles. The molecular weight excluding hydrogens is 371 g/mol. The van der Waals surface area contributed by atoms with Crippen LogP contribution in [-0.4, -0.2) is 37.1 Å². The van der Waals surface area contributed by atoms with Crippen LogP contribution in [0.2, 0.25) is 10.0 Å². The lowest BCUT2D eigenvalue weighted by atomic mass is 10.0. The molecule has 7 heteroatoms. The highest BCUT2D eigenvalue weighted by Gasteiger charge is 2.70. The van der Waals surface area contributed by atoms with Crippen LogP contribution in [0.5, 0.6) is 0 Å². The van der Waals surface area contributed by atoms with Crippen LogP contribution in [0.1, 0.15) is 11.5 Å².